The number of urea groups is 1. The first-order valence-electron chi connectivity index (χ1n) is 9.24. The number of amides is 2. The molecule has 1 aromatic carbocycles. The molecule has 2 atom stereocenters. The molecule has 138 valence electrons. The van der Waals surface area contributed by atoms with Gasteiger partial charge in [-0.1, -0.05) is 30.3 Å². The number of benzene rings is 1. The molecule has 0 aromatic heterocycles. The highest BCUT2D eigenvalue weighted by molar-refractivity contribution is 5.75. The van der Waals surface area contributed by atoms with Crippen LogP contribution in [0.5, 0.6) is 0 Å². The van der Waals surface area contributed by atoms with E-state index in [1.165, 1.54) is 5.56 Å². The fourth-order valence-electron chi connectivity index (χ4n) is 3.63. The molecule has 2 unspecified atom stereocenters. The number of carbonyl (C=O) groups excluding carboxylic acids is 1. The molecule has 6 heteroatoms. The number of morpholine rings is 1. The van der Waals surface area contributed by atoms with Crippen LogP contribution in [0.4, 0.5) is 4.79 Å². The topological polar surface area (TPSA) is 48.1 Å². The van der Waals surface area contributed by atoms with E-state index >= 15 is 0 Å². The molecule has 2 heterocycles. The molecule has 0 aliphatic carbocycles. The molecule has 0 saturated carbocycles. The number of hydrogen-bond acceptors (Lipinski definition) is 4. The number of nitrogens with one attached hydrogen (secondary N) is 1. The second-order valence-corrected chi connectivity index (χ2v) is 7.15. The largest absolute Gasteiger partial charge is 0.379 e. The van der Waals surface area contributed by atoms with Gasteiger partial charge in [-0.25, -0.2) is 4.79 Å². The fraction of sp³-hybridized carbons (Fsp3) is 0.632. The Hall–Kier alpha value is -1.63. The van der Waals surface area contributed by atoms with E-state index in [1.807, 2.05) is 23.1 Å². The van der Waals surface area contributed by atoms with Crippen molar-refractivity contribution in [2.24, 2.45) is 0 Å². The van der Waals surface area contributed by atoms with E-state index in [-0.39, 0.29) is 18.1 Å². The smallest absolute Gasteiger partial charge is 0.318 e. The number of hydrogen-bond donors (Lipinski definition) is 1. The number of carbonyl (C=O) groups is 1. The van der Waals surface area contributed by atoms with E-state index in [4.69, 9.17) is 4.74 Å². The van der Waals surface area contributed by atoms with Crippen LogP contribution in [0.2, 0.25) is 0 Å². The van der Waals surface area contributed by atoms with Crippen LogP contribution < -0.4 is 5.32 Å². The van der Waals surface area contributed by atoms with Gasteiger partial charge in [0.25, 0.3) is 0 Å². The number of ether oxygens (including phenoxy) is 1. The number of likely N-dealkylation sites (N-methyl/N-ethyl adjacent to an activating group) is 1. The average Bonchev–Trinajstić information content (AvgIpc) is 2.63. The maximum absolute atomic E-state index is 12.9. The second kappa shape index (κ2) is 8.65. The third-order valence-corrected chi connectivity index (χ3v) is 5.03. The van der Waals surface area contributed by atoms with Crippen LogP contribution in [-0.2, 0) is 4.74 Å². The Bertz CT molecular complexity index is 548. The minimum absolute atomic E-state index is 0.0442. The van der Waals surface area contributed by atoms with Crippen molar-refractivity contribution in [2.75, 3.05) is 59.5 Å². The van der Waals surface area contributed by atoms with E-state index < -0.39 is 0 Å². The zero-order valence-electron chi connectivity index (χ0n) is 15.4. The lowest BCUT2D eigenvalue weighted by atomic mass is 10.0. The third-order valence-electron chi connectivity index (χ3n) is 5.03. The summed E-state index contributed by atoms with van der Waals surface area (Å²) in [5, 5.41) is 3.20. The predicted octanol–water partition coefficient (Wildman–Crippen LogP) is 1.41. The SMILES string of the molecule is CC(CN1CCOCC1)NC(=O)N1CCN(C)CC1c1ccccc1. The maximum atomic E-state index is 12.9. The van der Waals surface area contributed by atoms with Crippen LogP contribution in [0.1, 0.15) is 18.5 Å². The monoisotopic (exact) mass is 346 g/mol. The van der Waals surface area contributed by atoms with Crippen molar-refractivity contribution in [1.29, 1.82) is 0 Å². The molecule has 2 amide bonds. The minimum atomic E-state index is 0.0442. The summed E-state index contributed by atoms with van der Waals surface area (Å²) in [5.74, 6) is 0. The Balaban J connectivity index is 1.60. The van der Waals surface area contributed by atoms with Gasteiger partial charge in [0.1, 0.15) is 0 Å². The molecule has 2 aliphatic rings. The standard InChI is InChI=1S/C19H30N4O2/c1-16(14-22-10-12-25-13-11-22)20-19(24)23-9-8-21(2)15-18(23)17-6-4-3-5-7-17/h3-7,16,18H,8-15H2,1-2H3,(H,20,24). The fourth-order valence-corrected chi connectivity index (χ4v) is 3.63. The summed E-state index contributed by atoms with van der Waals surface area (Å²) in [5.41, 5.74) is 1.20. The predicted molar refractivity (Wildman–Crippen MR) is 98.6 cm³/mol. The van der Waals surface area contributed by atoms with Crippen molar-refractivity contribution >= 4 is 6.03 Å². The molecular formula is C19H30N4O2. The quantitative estimate of drug-likeness (QED) is 0.895. The van der Waals surface area contributed by atoms with Crippen molar-refractivity contribution < 1.29 is 9.53 Å². The molecule has 2 saturated heterocycles. The van der Waals surface area contributed by atoms with E-state index in [1.54, 1.807) is 0 Å². The van der Waals surface area contributed by atoms with Crippen LogP contribution in [0, 0.1) is 0 Å². The van der Waals surface area contributed by atoms with Crippen molar-refractivity contribution in [1.82, 2.24) is 20.0 Å². The van der Waals surface area contributed by atoms with Crippen LogP contribution in [0.25, 0.3) is 0 Å². The van der Waals surface area contributed by atoms with Crippen LogP contribution >= 0.6 is 0 Å². The number of rotatable bonds is 4. The molecule has 2 fully saturated rings. The summed E-state index contributed by atoms with van der Waals surface area (Å²) >= 11 is 0. The molecule has 6 nitrogen and oxygen atoms in total. The first-order chi connectivity index (χ1) is 12.1. The Kier molecular flexibility index (Phi) is 6.29. The third kappa shape index (κ3) is 4.93. The van der Waals surface area contributed by atoms with Gasteiger partial charge in [0, 0.05) is 45.3 Å². The van der Waals surface area contributed by atoms with Gasteiger partial charge in [-0.15, -0.1) is 0 Å². The summed E-state index contributed by atoms with van der Waals surface area (Å²) < 4.78 is 5.39. The second-order valence-electron chi connectivity index (χ2n) is 7.15. The van der Waals surface area contributed by atoms with Crippen molar-refractivity contribution in [3.8, 4) is 0 Å². The van der Waals surface area contributed by atoms with Gasteiger partial charge in [-0.05, 0) is 19.5 Å². The first-order valence-corrected chi connectivity index (χ1v) is 9.24. The molecule has 0 radical (unpaired) electrons. The van der Waals surface area contributed by atoms with E-state index in [2.05, 4.69) is 41.2 Å². The molecule has 0 spiro atoms. The summed E-state index contributed by atoms with van der Waals surface area (Å²) in [4.78, 5) is 19.5. The normalized spacial score (nSPS) is 24.1. The van der Waals surface area contributed by atoms with E-state index in [0.29, 0.717) is 0 Å². The Morgan fingerprint density at radius 3 is 2.64 bits per heavy atom. The average molecular weight is 346 g/mol. The highest BCUT2D eigenvalue weighted by Gasteiger charge is 2.30. The number of piperazine rings is 1. The van der Waals surface area contributed by atoms with Gasteiger partial charge in [0.05, 0.1) is 19.3 Å². The van der Waals surface area contributed by atoms with Crippen LogP contribution in [0.15, 0.2) is 30.3 Å². The summed E-state index contributed by atoms with van der Waals surface area (Å²) in [6.45, 7) is 8.96. The van der Waals surface area contributed by atoms with Crippen LogP contribution in [0.3, 0.4) is 0 Å². The van der Waals surface area contributed by atoms with Crippen LogP contribution in [-0.4, -0.2) is 86.3 Å². The molecule has 25 heavy (non-hydrogen) atoms. The van der Waals surface area contributed by atoms with Gasteiger partial charge in [0.15, 0.2) is 0 Å². The highest BCUT2D eigenvalue weighted by atomic mass is 16.5. The molecule has 1 aromatic rings. The van der Waals surface area contributed by atoms with Gasteiger partial charge in [-0.2, -0.15) is 0 Å². The van der Waals surface area contributed by atoms with Crippen molar-refractivity contribution in [2.45, 2.75) is 19.0 Å². The Labute approximate surface area is 150 Å². The lowest BCUT2D eigenvalue weighted by Gasteiger charge is -2.41. The first kappa shape index (κ1) is 18.2. The lowest BCUT2D eigenvalue weighted by molar-refractivity contribution is 0.0342. The summed E-state index contributed by atoms with van der Waals surface area (Å²) in [6.07, 6.45) is 0. The number of nitrogens with zero attached hydrogens (tertiary/aromatic N) is 3. The van der Waals surface area contributed by atoms with Gasteiger partial charge in [0.2, 0.25) is 0 Å². The van der Waals surface area contributed by atoms with Crippen molar-refractivity contribution in [3.05, 3.63) is 35.9 Å². The zero-order valence-corrected chi connectivity index (χ0v) is 15.4. The van der Waals surface area contributed by atoms with E-state index in [9.17, 15) is 4.79 Å². The minimum Gasteiger partial charge on any atom is -0.379 e. The molecule has 1 N–H and O–H groups in total. The molecule has 2 aliphatic heterocycles. The Morgan fingerprint density at radius 2 is 1.92 bits per heavy atom. The zero-order chi connectivity index (χ0) is 17.6. The van der Waals surface area contributed by atoms with Crippen molar-refractivity contribution in [3.63, 3.8) is 0 Å². The van der Waals surface area contributed by atoms with Gasteiger partial charge in [-0.3, -0.25) is 4.90 Å². The molecular weight excluding hydrogens is 316 g/mol. The summed E-state index contributed by atoms with van der Waals surface area (Å²) in [7, 11) is 2.12. The Morgan fingerprint density at radius 1 is 1.20 bits per heavy atom. The summed E-state index contributed by atoms with van der Waals surface area (Å²) in [6, 6.07) is 10.6. The van der Waals surface area contributed by atoms with E-state index in [0.717, 1.165) is 52.5 Å². The maximum Gasteiger partial charge on any atom is 0.318 e. The van der Waals surface area contributed by atoms with Gasteiger partial charge < -0.3 is 19.9 Å². The molecule has 3 rings (SSSR count). The lowest BCUT2D eigenvalue weighted by Crippen LogP contribution is -2.55. The highest BCUT2D eigenvalue weighted by Crippen LogP contribution is 2.24. The molecule has 0 bridgehead atoms. The van der Waals surface area contributed by atoms with Gasteiger partial charge >= 0.3 is 6.03 Å².